The van der Waals surface area contributed by atoms with E-state index in [0.717, 1.165) is 25.7 Å². The van der Waals surface area contributed by atoms with E-state index in [9.17, 15) is 4.79 Å². The third-order valence-electron chi connectivity index (χ3n) is 3.33. The number of rotatable bonds is 1. The molecule has 2 fully saturated rings. The molecule has 2 rings (SSSR count). The monoisotopic (exact) mass is 184 g/mol. The molecule has 0 bridgehead atoms. The molecule has 0 amide bonds. The van der Waals surface area contributed by atoms with E-state index in [1.54, 1.807) is 0 Å². The molecule has 1 saturated heterocycles. The summed E-state index contributed by atoms with van der Waals surface area (Å²) in [5, 5.41) is 9.02. The summed E-state index contributed by atoms with van der Waals surface area (Å²) in [6, 6.07) is 0. The fourth-order valence-electron chi connectivity index (χ4n) is 2.76. The minimum atomic E-state index is -0.632. The Bertz CT molecular complexity index is 214. The van der Waals surface area contributed by atoms with E-state index in [2.05, 4.69) is 0 Å². The van der Waals surface area contributed by atoms with Crippen molar-refractivity contribution >= 4 is 5.97 Å². The first kappa shape index (κ1) is 9.00. The van der Waals surface area contributed by atoms with Crippen LogP contribution in [0.5, 0.6) is 0 Å². The molecule has 0 aromatic carbocycles. The lowest BCUT2D eigenvalue weighted by Gasteiger charge is -2.29. The van der Waals surface area contributed by atoms with Crippen molar-refractivity contribution in [3.05, 3.63) is 0 Å². The highest BCUT2D eigenvalue weighted by Gasteiger charge is 2.43. The van der Waals surface area contributed by atoms with Crippen LogP contribution in [0.3, 0.4) is 0 Å². The van der Waals surface area contributed by atoms with Gasteiger partial charge in [0.05, 0.1) is 18.1 Å². The van der Waals surface area contributed by atoms with Crippen LogP contribution in [-0.4, -0.2) is 23.3 Å². The van der Waals surface area contributed by atoms with Gasteiger partial charge in [0.2, 0.25) is 0 Å². The van der Waals surface area contributed by atoms with Crippen molar-refractivity contribution in [2.45, 2.75) is 44.8 Å². The zero-order valence-electron chi connectivity index (χ0n) is 7.90. The van der Waals surface area contributed by atoms with Gasteiger partial charge in [-0.3, -0.25) is 4.79 Å². The smallest absolute Gasteiger partial charge is 0.306 e. The molecule has 1 aliphatic carbocycles. The zero-order valence-corrected chi connectivity index (χ0v) is 7.90. The number of fused-ring (bicyclic) bond motifs is 1. The molecule has 3 heteroatoms. The van der Waals surface area contributed by atoms with Gasteiger partial charge in [-0.1, -0.05) is 0 Å². The van der Waals surface area contributed by atoms with Gasteiger partial charge < -0.3 is 9.84 Å². The lowest BCUT2D eigenvalue weighted by Crippen LogP contribution is -2.33. The second kappa shape index (κ2) is 3.29. The predicted octanol–water partition coefficient (Wildman–Crippen LogP) is 1.66. The summed E-state index contributed by atoms with van der Waals surface area (Å²) < 4.78 is 5.68. The molecule has 13 heavy (non-hydrogen) atoms. The molecule has 3 nitrogen and oxygen atoms in total. The highest BCUT2D eigenvalue weighted by atomic mass is 16.5. The summed E-state index contributed by atoms with van der Waals surface area (Å²) in [5.41, 5.74) is 0. The van der Waals surface area contributed by atoms with Crippen LogP contribution in [0.2, 0.25) is 0 Å². The summed E-state index contributed by atoms with van der Waals surface area (Å²) in [5.74, 6) is -0.502. The highest BCUT2D eigenvalue weighted by Crippen LogP contribution is 2.41. The normalized spacial score (nSPS) is 44.4. The van der Waals surface area contributed by atoms with Crippen LogP contribution in [0.1, 0.15) is 32.6 Å². The summed E-state index contributed by atoms with van der Waals surface area (Å²) in [6.45, 7) is 2.04. The molecular formula is C10H16O3. The molecule has 4 atom stereocenters. The minimum absolute atomic E-state index is 0.149. The minimum Gasteiger partial charge on any atom is -0.481 e. The van der Waals surface area contributed by atoms with Gasteiger partial charge in [0, 0.05) is 5.92 Å². The Morgan fingerprint density at radius 1 is 1.46 bits per heavy atom. The van der Waals surface area contributed by atoms with Gasteiger partial charge in [-0.05, 0) is 32.6 Å². The molecule has 0 aromatic heterocycles. The van der Waals surface area contributed by atoms with Crippen LogP contribution in [0.15, 0.2) is 0 Å². The average Bonchev–Trinajstić information content (AvgIpc) is 2.43. The van der Waals surface area contributed by atoms with E-state index >= 15 is 0 Å². The Labute approximate surface area is 78.1 Å². The SMILES string of the molecule is CC1CC2C(CCCC2C(=O)O)O1. The maximum absolute atomic E-state index is 10.9. The van der Waals surface area contributed by atoms with Crippen LogP contribution in [0.25, 0.3) is 0 Å². The van der Waals surface area contributed by atoms with E-state index in [4.69, 9.17) is 9.84 Å². The van der Waals surface area contributed by atoms with Gasteiger partial charge in [-0.15, -0.1) is 0 Å². The zero-order chi connectivity index (χ0) is 9.42. The van der Waals surface area contributed by atoms with Gasteiger partial charge in [0.25, 0.3) is 0 Å². The first-order valence-corrected chi connectivity index (χ1v) is 5.06. The number of carboxylic acid groups (broad SMARTS) is 1. The number of carbonyl (C=O) groups is 1. The Hall–Kier alpha value is -0.570. The van der Waals surface area contributed by atoms with Crippen LogP contribution in [-0.2, 0) is 9.53 Å². The molecule has 1 saturated carbocycles. The topological polar surface area (TPSA) is 46.5 Å². The van der Waals surface area contributed by atoms with Gasteiger partial charge in [0.15, 0.2) is 0 Å². The molecule has 4 unspecified atom stereocenters. The van der Waals surface area contributed by atoms with Gasteiger partial charge in [-0.2, -0.15) is 0 Å². The number of ether oxygens (including phenoxy) is 1. The summed E-state index contributed by atoms with van der Waals surface area (Å²) in [7, 11) is 0. The van der Waals surface area contributed by atoms with Crippen molar-refractivity contribution in [1.29, 1.82) is 0 Å². The lowest BCUT2D eigenvalue weighted by molar-refractivity contribution is -0.146. The third kappa shape index (κ3) is 1.57. The van der Waals surface area contributed by atoms with Crippen molar-refractivity contribution in [3.63, 3.8) is 0 Å². The van der Waals surface area contributed by atoms with Crippen LogP contribution < -0.4 is 0 Å². The quantitative estimate of drug-likeness (QED) is 0.674. The molecule has 1 N–H and O–H groups in total. The predicted molar refractivity (Wildman–Crippen MR) is 47.4 cm³/mol. The molecule has 0 radical (unpaired) electrons. The van der Waals surface area contributed by atoms with E-state index in [-0.39, 0.29) is 24.0 Å². The number of hydrogen-bond donors (Lipinski definition) is 1. The van der Waals surface area contributed by atoms with E-state index in [0.29, 0.717) is 0 Å². The van der Waals surface area contributed by atoms with Crippen molar-refractivity contribution < 1.29 is 14.6 Å². The maximum atomic E-state index is 10.9. The molecular weight excluding hydrogens is 168 g/mol. The second-order valence-electron chi connectivity index (χ2n) is 4.26. The maximum Gasteiger partial charge on any atom is 0.306 e. The van der Waals surface area contributed by atoms with Gasteiger partial charge in [0.1, 0.15) is 0 Å². The molecule has 74 valence electrons. The molecule has 2 aliphatic rings. The van der Waals surface area contributed by atoms with Crippen LogP contribution in [0, 0.1) is 11.8 Å². The fourth-order valence-corrected chi connectivity index (χ4v) is 2.76. The van der Waals surface area contributed by atoms with Crippen LogP contribution >= 0.6 is 0 Å². The number of hydrogen-bond acceptors (Lipinski definition) is 2. The molecule has 0 aromatic rings. The summed E-state index contributed by atoms with van der Waals surface area (Å²) >= 11 is 0. The molecule has 1 aliphatic heterocycles. The van der Waals surface area contributed by atoms with E-state index < -0.39 is 5.97 Å². The first-order valence-electron chi connectivity index (χ1n) is 5.06. The van der Waals surface area contributed by atoms with Crippen molar-refractivity contribution in [2.24, 2.45) is 11.8 Å². The lowest BCUT2D eigenvalue weighted by atomic mass is 9.76. The largest absolute Gasteiger partial charge is 0.481 e. The van der Waals surface area contributed by atoms with Crippen LogP contribution in [0.4, 0.5) is 0 Å². The standard InChI is InChI=1S/C10H16O3/c1-6-5-8-7(10(11)12)3-2-4-9(8)13-6/h6-9H,2-5H2,1H3,(H,11,12). The average molecular weight is 184 g/mol. The first-order chi connectivity index (χ1) is 6.18. The van der Waals surface area contributed by atoms with Gasteiger partial charge in [-0.25, -0.2) is 0 Å². The van der Waals surface area contributed by atoms with E-state index in [1.165, 1.54) is 0 Å². The Balaban J connectivity index is 2.09. The fraction of sp³-hybridized carbons (Fsp3) is 0.900. The Kier molecular flexibility index (Phi) is 2.28. The molecule has 0 spiro atoms. The number of aliphatic carboxylic acids is 1. The third-order valence-corrected chi connectivity index (χ3v) is 3.33. The van der Waals surface area contributed by atoms with Crippen molar-refractivity contribution in [1.82, 2.24) is 0 Å². The van der Waals surface area contributed by atoms with Crippen molar-refractivity contribution in [2.75, 3.05) is 0 Å². The second-order valence-corrected chi connectivity index (χ2v) is 4.26. The Morgan fingerprint density at radius 2 is 2.23 bits per heavy atom. The van der Waals surface area contributed by atoms with Gasteiger partial charge >= 0.3 is 5.97 Å². The number of carboxylic acids is 1. The van der Waals surface area contributed by atoms with E-state index in [1.807, 2.05) is 6.92 Å². The molecule has 1 heterocycles. The Morgan fingerprint density at radius 3 is 2.92 bits per heavy atom. The summed E-state index contributed by atoms with van der Waals surface area (Å²) in [4.78, 5) is 10.9. The highest BCUT2D eigenvalue weighted by molar-refractivity contribution is 5.70. The summed E-state index contributed by atoms with van der Waals surface area (Å²) in [6.07, 6.45) is 4.32. The van der Waals surface area contributed by atoms with Crippen molar-refractivity contribution in [3.8, 4) is 0 Å².